The SMILES string of the molecule is Cc1cnn2cc(-c3cnn(C)c3)nc(-c3cn(C4(CC#N)CN(C#N)C4)nc3N)c12. The van der Waals surface area contributed by atoms with Crippen LogP contribution in [0.4, 0.5) is 5.82 Å². The Balaban J connectivity index is 1.67. The molecule has 0 aliphatic carbocycles. The summed E-state index contributed by atoms with van der Waals surface area (Å²) in [6.07, 6.45) is 11.4. The molecule has 5 rings (SSSR count). The number of aromatic nitrogens is 7. The van der Waals surface area contributed by atoms with Gasteiger partial charge in [-0.1, -0.05) is 0 Å². The van der Waals surface area contributed by atoms with Crippen LogP contribution in [0, 0.1) is 29.7 Å². The van der Waals surface area contributed by atoms with Gasteiger partial charge in [0.15, 0.2) is 12.0 Å². The summed E-state index contributed by atoms with van der Waals surface area (Å²) in [5.41, 5.74) is 10.4. The van der Waals surface area contributed by atoms with Gasteiger partial charge in [-0.15, -0.1) is 0 Å². The third-order valence-electron chi connectivity index (χ3n) is 5.68. The largest absolute Gasteiger partial charge is 0.382 e. The molecule has 0 unspecified atom stereocenters. The topological polar surface area (TPSA) is 143 Å². The fourth-order valence-electron chi connectivity index (χ4n) is 4.07. The van der Waals surface area contributed by atoms with Crippen LogP contribution >= 0.6 is 0 Å². The molecule has 0 atom stereocenters. The molecule has 0 spiro atoms. The van der Waals surface area contributed by atoms with Gasteiger partial charge in [-0.25, -0.2) is 9.50 Å². The number of likely N-dealkylation sites (tertiary alicyclic amines) is 1. The summed E-state index contributed by atoms with van der Waals surface area (Å²) >= 11 is 0. The summed E-state index contributed by atoms with van der Waals surface area (Å²) in [6, 6.07) is 2.21. The van der Waals surface area contributed by atoms with Crippen molar-refractivity contribution in [2.75, 3.05) is 18.8 Å². The maximum atomic E-state index is 9.34. The van der Waals surface area contributed by atoms with E-state index in [4.69, 9.17) is 16.0 Å². The number of fused-ring (bicyclic) bond motifs is 1. The fourth-order valence-corrected chi connectivity index (χ4v) is 4.07. The fraction of sp³-hybridized carbons (Fsp3) is 0.300. The van der Waals surface area contributed by atoms with Crippen LogP contribution in [-0.2, 0) is 12.6 Å². The molecule has 1 aliphatic heterocycles. The van der Waals surface area contributed by atoms with E-state index >= 15 is 0 Å². The zero-order valence-electron chi connectivity index (χ0n) is 17.1. The minimum Gasteiger partial charge on any atom is -0.382 e. The molecule has 1 saturated heterocycles. The molecule has 0 amide bonds. The Morgan fingerprint density at radius 2 is 1.97 bits per heavy atom. The van der Waals surface area contributed by atoms with Crippen molar-refractivity contribution < 1.29 is 0 Å². The molecule has 0 bridgehead atoms. The Kier molecular flexibility index (Phi) is 3.95. The molecule has 11 heteroatoms. The van der Waals surface area contributed by atoms with E-state index in [-0.39, 0.29) is 6.42 Å². The second-order valence-corrected chi connectivity index (χ2v) is 7.89. The van der Waals surface area contributed by atoms with Crippen LogP contribution in [0.25, 0.3) is 28.0 Å². The average molecular weight is 413 g/mol. The lowest BCUT2D eigenvalue weighted by Crippen LogP contribution is -2.60. The first kappa shape index (κ1) is 18.6. The zero-order valence-corrected chi connectivity index (χ0v) is 17.1. The normalized spacial score (nSPS) is 14.9. The maximum absolute atomic E-state index is 9.34. The van der Waals surface area contributed by atoms with Crippen molar-refractivity contribution in [2.45, 2.75) is 18.9 Å². The van der Waals surface area contributed by atoms with Gasteiger partial charge in [0.1, 0.15) is 11.2 Å². The molecule has 0 radical (unpaired) electrons. The van der Waals surface area contributed by atoms with E-state index in [2.05, 4.69) is 27.6 Å². The van der Waals surface area contributed by atoms with Crippen molar-refractivity contribution in [3.05, 3.63) is 36.5 Å². The van der Waals surface area contributed by atoms with Crippen LogP contribution in [0.15, 0.2) is 31.0 Å². The number of hydrogen-bond acceptors (Lipinski definition) is 8. The Bertz CT molecular complexity index is 1380. The zero-order chi connectivity index (χ0) is 21.8. The Morgan fingerprint density at radius 1 is 1.16 bits per heavy atom. The standard InChI is InChI=1S/C20H19N11/c1-13-5-25-30-9-16(14-6-24-28(2)7-14)26-17(18(13)30)15-8-31(27-19(15)23)20(3-4-21)10-29(11-20)12-22/h5-9H,3,10-11H2,1-2H3,(H2,23,27). The smallest absolute Gasteiger partial charge is 0.179 e. The van der Waals surface area contributed by atoms with Gasteiger partial charge in [-0.2, -0.15) is 25.8 Å². The predicted molar refractivity (Wildman–Crippen MR) is 111 cm³/mol. The van der Waals surface area contributed by atoms with Crippen LogP contribution in [-0.4, -0.2) is 52.1 Å². The van der Waals surface area contributed by atoms with Crippen molar-refractivity contribution >= 4 is 11.3 Å². The summed E-state index contributed by atoms with van der Waals surface area (Å²) in [6.45, 7) is 2.80. The summed E-state index contributed by atoms with van der Waals surface area (Å²) in [7, 11) is 1.85. The first-order valence-corrected chi connectivity index (χ1v) is 9.66. The monoisotopic (exact) mass is 413 g/mol. The van der Waals surface area contributed by atoms with Gasteiger partial charge < -0.3 is 10.6 Å². The molecule has 5 heterocycles. The summed E-state index contributed by atoms with van der Waals surface area (Å²) in [5.74, 6) is 0.311. The Morgan fingerprint density at radius 3 is 2.65 bits per heavy atom. The third kappa shape index (κ3) is 2.79. The highest BCUT2D eigenvalue weighted by molar-refractivity contribution is 5.85. The van der Waals surface area contributed by atoms with E-state index in [0.717, 1.165) is 16.6 Å². The van der Waals surface area contributed by atoms with E-state index in [1.807, 2.05) is 32.6 Å². The van der Waals surface area contributed by atoms with Crippen molar-refractivity contribution in [2.24, 2.45) is 7.05 Å². The number of anilines is 1. The molecule has 4 aromatic heterocycles. The van der Waals surface area contributed by atoms with Crippen LogP contribution in [0.2, 0.25) is 0 Å². The molecule has 4 aromatic rings. The van der Waals surface area contributed by atoms with E-state index in [1.54, 1.807) is 31.2 Å². The van der Waals surface area contributed by atoms with E-state index in [0.29, 0.717) is 35.9 Å². The van der Waals surface area contributed by atoms with Gasteiger partial charge in [0.2, 0.25) is 0 Å². The number of aryl methyl sites for hydroxylation is 2. The molecule has 154 valence electrons. The van der Waals surface area contributed by atoms with E-state index in [1.165, 1.54) is 0 Å². The first-order valence-electron chi connectivity index (χ1n) is 9.66. The second-order valence-electron chi connectivity index (χ2n) is 7.89. The molecule has 1 fully saturated rings. The quantitative estimate of drug-likeness (QED) is 0.493. The number of hydrogen-bond donors (Lipinski definition) is 1. The molecule has 2 N–H and O–H groups in total. The lowest BCUT2D eigenvalue weighted by molar-refractivity contribution is 0.0507. The predicted octanol–water partition coefficient (Wildman–Crippen LogP) is 1.29. The molecular formula is C20H19N11. The molecule has 0 aromatic carbocycles. The van der Waals surface area contributed by atoms with Crippen LogP contribution in [0.1, 0.15) is 12.0 Å². The van der Waals surface area contributed by atoms with Crippen molar-refractivity contribution in [1.82, 2.24) is 39.1 Å². The van der Waals surface area contributed by atoms with Gasteiger partial charge in [0.05, 0.1) is 60.9 Å². The number of nitrogen functional groups attached to an aromatic ring is 1. The highest BCUT2D eigenvalue weighted by Crippen LogP contribution is 2.36. The summed E-state index contributed by atoms with van der Waals surface area (Å²) in [5, 5.41) is 31.7. The van der Waals surface area contributed by atoms with E-state index < -0.39 is 5.54 Å². The van der Waals surface area contributed by atoms with Crippen LogP contribution < -0.4 is 5.73 Å². The highest BCUT2D eigenvalue weighted by atomic mass is 15.4. The van der Waals surface area contributed by atoms with Crippen LogP contribution in [0.5, 0.6) is 0 Å². The minimum absolute atomic E-state index is 0.232. The minimum atomic E-state index is -0.580. The van der Waals surface area contributed by atoms with Crippen molar-refractivity contribution in [3.8, 4) is 34.8 Å². The van der Waals surface area contributed by atoms with E-state index in [9.17, 15) is 5.26 Å². The molecule has 1 aliphatic rings. The van der Waals surface area contributed by atoms with Gasteiger partial charge in [0.25, 0.3) is 0 Å². The molecular weight excluding hydrogens is 394 g/mol. The molecule has 11 nitrogen and oxygen atoms in total. The van der Waals surface area contributed by atoms with Gasteiger partial charge in [0, 0.05) is 25.0 Å². The van der Waals surface area contributed by atoms with Gasteiger partial charge in [-0.05, 0) is 12.5 Å². The summed E-state index contributed by atoms with van der Waals surface area (Å²) < 4.78 is 5.21. The first-order chi connectivity index (χ1) is 14.9. The van der Waals surface area contributed by atoms with Crippen molar-refractivity contribution in [3.63, 3.8) is 0 Å². The average Bonchev–Trinajstić information content (AvgIpc) is 3.43. The second kappa shape index (κ2) is 6.57. The highest BCUT2D eigenvalue weighted by Gasteiger charge is 2.46. The molecule has 0 saturated carbocycles. The number of nitrogens with zero attached hydrogens (tertiary/aromatic N) is 10. The number of nitriles is 2. The van der Waals surface area contributed by atoms with Crippen LogP contribution in [0.3, 0.4) is 0 Å². The van der Waals surface area contributed by atoms with Gasteiger partial charge in [-0.3, -0.25) is 9.36 Å². The molecule has 31 heavy (non-hydrogen) atoms. The lowest BCUT2D eigenvalue weighted by atomic mass is 9.87. The summed E-state index contributed by atoms with van der Waals surface area (Å²) in [4.78, 5) is 6.48. The third-order valence-corrected chi connectivity index (χ3v) is 5.68. The number of nitrogens with two attached hydrogens (primary N) is 1. The van der Waals surface area contributed by atoms with Gasteiger partial charge >= 0.3 is 0 Å². The lowest BCUT2D eigenvalue weighted by Gasteiger charge is -2.46. The van der Waals surface area contributed by atoms with Crippen molar-refractivity contribution in [1.29, 1.82) is 10.5 Å². The Labute approximate surface area is 177 Å². The number of rotatable bonds is 4. The maximum Gasteiger partial charge on any atom is 0.179 e. The Hall–Kier alpha value is -4.38.